The van der Waals surface area contributed by atoms with E-state index in [9.17, 15) is 4.79 Å². The summed E-state index contributed by atoms with van der Waals surface area (Å²) in [6.07, 6.45) is 8.81. The summed E-state index contributed by atoms with van der Waals surface area (Å²) in [5, 5.41) is 3.72. The van der Waals surface area contributed by atoms with Gasteiger partial charge in [0.1, 0.15) is 5.75 Å². The molecule has 4 nitrogen and oxygen atoms in total. The van der Waals surface area contributed by atoms with E-state index in [0.29, 0.717) is 11.8 Å². The van der Waals surface area contributed by atoms with Gasteiger partial charge in [0.2, 0.25) is 5.91 Å². The Balaban J connectivity index is 1.66. The van der Waals surface area contributed by atoms with E-state index in [-0.39, 0.29) is 29.0 Å². The third-order valence-electron chi connectivity index (χ3n) is 9.88. The van der Waals surface area contributed by atoms with E-state index < -0.39 is 8.32 Å². The van der Waals surface area contributed by atoms with Crippen molar-refractivity contribution in [1.82, 2.24) is 5.32 Å². The van der Waals surface area contributed by atoms with Crippen LogP contribution in [0.1, 0.15) is 101 Å². The van der Waals surface area contributed by atoms with Crippen molar-refractivity contribution in [3.05, 3.63) is 62.7 Å². The lowest BCUT2D eigenvalue weighted by atomic mass is 9.72. The van der Waals surface area contributed by atoms with Gasteiger partial charge in [-0.15, -0.1) is 0 Å². The van der Waals surface area contributed by atoms with Crippen molar-refractivity contribution in [2.75, 3.05) is 7.11 Å². The molecule has 0 saturated heterocycles. The first-order valence-corrected chi connectivity index (χ1v) is 19.3. The molecule has 220 valence electrons. The first-order valence-electron chi connectivity index (χ1n) is 15.3. The Hall–Kier alpha value is -1.38. The lowest BCUT2D eigenvalue weighted by molar-refractivity contribution is -0.127. The lowest BCUT2D eigenvalue weighted by Gasteiger charge is -2.46. The number of methoxy groups -OCH3 is 1. The summed E-state index contributed by atoms with van der Waals surface area (Å²) < 4.78 is 14.0. The van der Waals surface area contributed by atoms with Gasteiger partial charge in [0.25, 0.3) is 0 Å². The second kappa shape index (κ2) is 13.3. The summed E-state index contributed by atoms with van der Waals surface area (Å²) in [6.45, 7) is 13.8. The van der Waals surface area contributed by atoms with Crippen LogP contribution in [0.2, 0.25) is 18.1 Å². The van der Waals surface area contributed by atoms with Crippen LogP contribution in [0.25, 0.3) is 0 Å². The first kappa shape index (κ1) is 31.6. The number of amides is 1. The number of nitrogens with one attached hydrogen (secondary N) is 1. The van der Waals surface area contributed by atoms with Crippen LogP contribution in [-0.2, 0) is 9.22 Å². The van der Waals surface area contributed by atoms with Crippen molar-refractivity contribution < 1.29 is 14.0 Å². The van der Waals surface area contributed by atoms with Crippen LogP contribution in [0.4, 0.5) is 0 Å². The molecule has 2 aliphatic rings. The maximum Gasteiger partial charge on any atom is 0.223 e. The maximum absolute atomic E-state index is 13.6. The van der Waals surface area contributed by atoms with E-state index in [1.165, 1.54) is 39.5 Å². The molecule has 4 unspecified atom stereocenters. The second-order valence-electron chi connectivity index (χ2n) is 13.7. The SMILES string of the molecule is COc1ccc(C2CCC(C(NC(=O)C3CCCCC3)c3cccc(I)c3)CC2O[Si](C)(C)C(C)(C)C)cc1C. The molecule has 0 heterocycles. The monoisotopic (exact) mass is 675 g/mol. The number of benzene rings is 2. The summed E-state index contributed by atoms with van der Waals surface area (Å²) in [5.41, 5.74) is 3.74. The van der Waals surface area contributed by atoms with E-state index in [1.807, 2.05) is 0 Å². The molecule has 0 bridgehead atoms. The molecule has 4 atom stereocenters. The number of carbonyl (C=O) groups excluding carboxylic acids is 1. The Bertz CT molecular complexity index is 1150. The Morgan fingerprint density at radius 3 is 2.38 bits per heavy atom. The predicted octanol–water partition coefficient (Wildman–Crippen LogP) is 9.32. The van der Waals surface area contributed by atoms with Gasteiger partial charge in [-0.05, 0) is 121 Å². The van der Waals surface area contributed by atoms with Gasteiger partial charge in [-0.25, -0.2) is 0 Å². The van der Waals surface area contributed by atoms with E-state index in [1.54, 1.807) is 7.11 Å². The molecule has 2 aromatic carbocycles. The molecule has 2 aliphatic carbocycles. The van der Waals surface area contributed by atoms with E-state index >= 15 is 0 Å². The summed E-state index contributed by atoms with van der Waals surface area (Å²) in [4.78, 5) is 13.6. The van der Waals surface area contributed by atoms with Crippen molar-refractivity contribution in [3.8, 4) is 5.75 Å². The molecule has 0 aromatic heterocycles. The molecule has 1 amide bonds. The van der Waals surface area contributed by atoms with Crippen LogP contribution in [0.15, 0.2) is 42.5 Å². The standard InChI is InChI=1S/C34H50INO3Si/c1-23-20-25(17-19-30(23)38-5)29-18-16-27(22-31(29)39-40(6,7)34(2,3)4)32(26-14-11-15-28(35)21-26)36-33(37)24-12-9-8-10-13-24/h11,14-15,17,19-21,24,27,29,31-32H,8-10,12-13,16,18,22H2,1-7H3,(H,36,37). The van der Waals surface area contributed by atoms with Crippen LogP contribution in [0.5, 0.6) is 5.75 Å². The molecule has 0 spiro atoms. The minimum atomic E-state index is -2.02. The molecule has 2 saturated carbocycles. The van der Waals surface area contributed by atoms with Gasteiger partial charge in [-0.3, -0.25) is 4.79 Å². The third kappa shape index (κ3) is 7.52. The van der Waals surface area contributed by atoms with Crippen molar-refractivity contribution in [3.63, 3.8) is 0 Å². The minimum Gasteiger partial charge on any atom is -0.496 e. The van der Waals surface area contributed by atoms with Crippen LogP contribution < -0.4 is 10.1 Å². The van der Waals surface area contributed by atoms with Crippen LogP contribution in [0.3, 0.4) is 0 Å². The summed E-state index contributed by atoms with van der Waals surface area (Å²) in [5.74, 6) is 2.00. The van der Waals surface area contributed by atoms with Gasteiger partial charge in [0, 0.05) is 15.4 Å². The molecular weight excluding hydrogens is 625 g/mol. The van der Waals surface area contributed by atoms with Crippen molar-refractivity contribution in [2.24, 2.45) is 11.8 Å². The van der Waals surface area contributed by atoms with Gasteiger partial charge < -0.3 is 14.5 Å². The van der Waals surface area contributed by atoms with Gasteiger partial charge >= 0.3 is 0 Å². The highest BCUT2D eigenvalue weighted by molar-refractivity contribution is 14.1. The Morgan fingerprint density at radius 2 is 1.75 bits per heavy atom. The minimum absolute atomic E-state index is 0.00760. The highest BCUT2D eigenvalue weighted by atomic mass is 127. The molecule has 0 aliphatic heterocycles. The number of halogens is 1. The Morgan fingerprint density at radius 1 is 1.02 bits per heavy atom. The van der Waals surface area contributed by atoms with Crippen LogP contribution in [-0.4, -0.2) is 27.4 Å². The third-order valence-corrected chi connectivity index (χ3v) is 15.1. The number of hydrogen-bond acceptors (Lipinski definition) is 3. The van der Waals surface area contributed by atoms with Gasteiger partial charge in [-0.2, -0.15) is 0 Å². The van der Waals surface area contributed by atoms with Gasteiger partial charge in [0.05, 0.1) is 19.3 Å². The maximum atomic E-state index is 13.6. The Kier molecular flexibility index (Phi) is 10.5. The number of carbonyl (C=O) groups is 1. The van der Waals surface area contributed by atoms with Crippen molar-refractivity contribution in [2.45, 2.75) is 115 Å². The zero-order chi connectivity index (χ0) is 29.1. The molecule has 0 radical (unpaired) electrons. The fraction of sp³-hybridized carbons (Fsp3) is 0.618. The van der Waals surface area contributed by atoms with Gasteiger partial charge in [-0.1, -0.05) is 64.3 Å². The first-order chi connectivity index (χ1) is 18.9. The fourth-order valence-corrected chi connectivity index (χ4v) is 8.41. The number of hydrogen-bond donors (Lipinski definition) is 1. The average Bonchev–Trinajstić information content (AvgIpc) is 2.91. The number of aryl methyl sites for hydroxylation is 1. The lowest BCUT2D eigenvalue weighted by Crippen LogP contribution is -2.48. The molecular formula is C34H50INO3Si. The van der Waals surface area contributed by atoms with E-state index in [2.05, 4.69) is 111 Å². The quantitative estimate of drug-likeness (QED) is 0.224. The number of rotatable bonds is 8. The summed E-state index contributed by atoms with van der Waals surface area (Å²) in [7, 11) is -0.284. The van der Waals surface area contributed by atoms with Crippen molar-refractivity contribution in [1.29, 1.82) is 0 Å². The predicted molar refractivity (Wildman–Crippen MR) is 177 cm³/mol. The topological polar surface area (TPSA) is 47.6 Å². The van der Waals surface area contributed by atoms with Crippen molar-refractivity contribution >= 4 is 36.8 Å². The average molecular weight is 676 g/mol. The zero-order valence-corrected chi connectivity index (χ0v) is 28.8. The summed E-state index contributed by atoms with van der Waals surface area (Å²) in [6, 6.07) is 15.4. The van der Waals surface area contributed by atoms with Crippen LogP contribution in [0, 0.1) is 22.3 Å². The largest absolute Gasteiger partial charge is 0.496 e. The highest BCUT2D eigenvalue weighted by Crippen LogP contribution is 2.47. The zero-order valence-electron chi connectivity index (χ0n) is 25.7. The highest BCUT2D eigenvalue weighted by Gasteiger charge is 2.44. The normalized spacial score (nSPS) is 23.4. The number of ether oxygens (including phenoxy) is 1. The summed E-state index contributed by atoms with van der Waals surface area (Å²) >= 11 is 2.39. The molecule has 40 heavy (non-hydrogen) atoms. The molecule has 6 heteroatoms. The van der Waals surface area contributed by atoms with Crippen LogP contribution >= 0.6 is 22.6 Å². The second-order valence-corrected chi connectivity index (χ2v) is 19.7. The Labute approximate surface area is 257 Å². The smallest absolute Gasteiger partial charge is 0.223 e. The molecule has 2 aromatic rings. The van der Waals surface area contributed by atoms with E-state index in [4.69, 9.17) is 9.16 Å². The van der Waals surface area contributed by atoms with Gasteiger partial charge in [0.15, 0.2) is 8.32 Å². The molecule has 2 fully saturated rings. The molecule has 1 N–H and O–H groups in total. The molecule has 4 rings (SSSR count). The fourth-order valence-electron chi connectivity index (χ4n) is 6.47. The van der Waals surface area contributed by atoms with E-state index in [0.717, 1.165) is 37.9 Å².